The first-order valence-electron chi connectivity index (χ1n) is 8.20. The smallest absolute Gasteiger partial charge is 0.335 e. The van der Waals surface area contributed by atoms with Crippen LogP contribution in [0.3, 0.4) is 0 Å². The molecule has 9 heteroatoms. The molecule has 1 saturated heterocycles. The molecule has 1 unspecified atom stereocenters. The molecule has 2 aromatic rings. The SMILES string of the molecule is O=C(O)c1ccc(NCc2ccco2)c(S(=O)(=O)NCC2CCCO2)c1. The van der Waals surface area contributed by atoms with E-state index in [0.717, 1.165) is 18.9 Å². The molecule has 1 aliphatic rings. The van der Waals surface area contributed by atoms with Crippen molar-refractivity contribution in [3.05, 3.63) is 47.9 Å². The van der Waals surface area contributed by atoms with Crippen molar-refractivity contribution in [2.75, 3.05) is 18.5 Å². The first kappa shape index (κ1) is 18.4. The molecule has 3 N–H and O–H groups in total. The predicted molar refractivity (Wildman–Crippen MR) is 93.6 cm³/mol. The predicted octanol–water partition coefficient (Wildman–Crippen LogP) is 2.05. The molecule has 140 valence electrons. The van der Waals surface area contributed by atoms with Gasteiger partial charge >= 0.3 is 5.97 Å². The Balaban J connectivity index is 1.82. The first-order valence-corrected chi connectivity index (χ1v) is 9.69. The van der Waals surface area contributed by atoms with Gasteiger partial charge in [0.15, 0.2) is 0 Å². The summed E-state index contributed by atoms with van der Waals surface area (Å²) in [6.45, 7) is 1.04. The van der Waals surface area contributed by atoms with Crippen LogP contribution in [0.25, 0.3) is 0 Å². The number of nitrogens with one attached hydrogen (secondary N) is 2. The number of aromatic carboxylic acids is 1. The average molecular weight is 380 g/mol. The molecular weight excluding hydrogens is 360 g/mol. The zero-order valence-corrected chi connectivity index (χ0v) is 14.8. The van der Waals surface area contributed by atoms with Crippen LogP contribution in [0.4, 0.5) is 5.69 Å². The van der Waals surface area contributed by atoms with Gasteiger partial charge in [0.25, 0.3) is 0 Å². The van der Waals surface area contributed by atoms with Crippen LogP contribution in [0.5, 0.6) is 0 Å². The molecule has 8 nitrogen and oxygen atoms in total. The summed E-state index contributed by atoms with van der Waals surface area (Å²) in [5, 5.41) is 12.2. The largest absolute Gasteiger partial charge is 0.478 e. The molecule has 0 saturated carbocycles. The second-order valence-corrected chi connectivity index (χ2v) is 7.67. The number of anilines is 1. The lowest BCUT2D eigenvalue weighted by atomic mass is 10.2. The highest BCUT2D eigenvalue weighted by atomic mass is 32.2. The highest BCUT2D eigenvalue weighted by molar-refractivity contribution is 7.89. The van der Waals surface area contributed by atoms with Crippen molar-refractivity contribution in [2.24, 2.45) is 0 Å². The number of hydrogen-bond donors (Lipinski definition) is 3. The van der Waals surface area contributed by atoms with E-state index in [2.05, 4.69) is 10.0 Å². The third-order valence-corrected chi connectivity index (χ3v) is 5.54. The molecule has 3 rings (SSSR count). The van der Waals surface area contributed by atoms with E-state index >= 15 is 0 Å². The third kappa shape index (κ3) is 4.43. The maximum Gasteiger partial charge on any atom is 0.335 e. The van der Waals surface area contributed by atoms with E-state index in [1.165, 1.54) is 18.4 Å². The normalized spacial score (nSPS) is 17.3. The van der Waals surface area contributed by atoms with E-state index < -0.39 is 16.0 Å². The minimum atomic E-state index is -3.91. The fourth-order valence-electron chi connectivity index (χ4n) is 2.70. The van der Waals surface area contributed by atoms with E-state index in [1.807, 2.05) is 0 Å². The fraction of sp³-hybridized carbons (Fsp3) is 0.353. The maximum atomic E-state index is 12.7. The van der Waals surface area contributed by atoms with E-state index in [4.69, 9.17) is 9.15 Å². The van der Waals surface area contributed by atoms with Gasteiger partial charge in [0.2, 0.25) is 10.0 Å². The van der Waals surface area contributed by atoms with Crippen molar-refractivity contribution in [3.63, 3.8) is 0 Å². The van der Waals surface area contributed by atoms with Gasteiger partial charge in [-0.05, 0) is 43.2 Å². The number of furan rings is 1. The molecule has 26 heavy (non-hydrogen) atoms. The number of hydrogen-bond acceptors (Lipinski definition) is 6. The van der Waals surface area contributed by atoms with Crippen LogP contribution in [0.1, 0.15) is 29.0 Å². The number of carboxylic acid groups (broad SMARTS) is 1. The van der Waals surface area contributed by atoms with Gasteiger partial charge in [0.05, 0.1) is 30.2 Å². The minimum absolute atomic E-state index is 0.106. The van der Waals surface area contributed by atoms with Crippen LogP contribution in [0, 0.1) is 0 Å². The number of carbonyl (C=O) groups is 1. The standard InChI is InChI=1S/C17H20N2O6S/c20-17(21)12-5-6-15(18-10-13-3-1-7-24-13)16(9-12)26(22,23)19-11-14-4-2-8-25-14/h1,3,5-7,9,14,18-19H,2,4,8,10-11H2,(H,20,21). The van der Waals surface area contributed by atoms with Crippen LogP contribution < -0.4 is 10.0 Å². The van der Waals surface area contributed by atoms with Crippen LogP contribution >= 0.6 is 0 Å². The monoisotopic (exact) mass is 380 g/mol. The molecule has 1 aliphatic heterocycles. The Labute approximate surface area is 151 Å². The molecule has 1 atom stereocenters. The molecule has 0 amide bonds. The molecule has 0 spiro atoms. The Morgan fingerprint density at radius 2 is 2.15 bits per heavy atom. The average Bonchev–Trinajstić information content (AvgIpc) is 3.31. The Morgan fingerprint density at radius 3 is 2.81 bits per heavy atom. The molecule has 1 fully saturated rings. The van der Waals surface area contributed by atoms with Crippen LogP contribution in [0.15, 0.2) is 45.9 Å². The van der Waals surface area contributed by atoms with E-state index in [1.54, 1.807) is 12.1 Å². The summed E-state index contributed by atoms with van der Waals surface area (Å²) in [5.41, 5.74) is 0.192. The van der Waals surface area contributed by atoms with Gasteiger partial charge in [0, 0.05) is 13.2 Å². The van der Waals surface area contributed by atoms with Gasteiger partial charge in [0.1, 0.15) is 10.7 Å². The lowest BCUT2D eigenvalue weighted by Gasteiger charge is -2.15. The molecule has 0 radical (unpaired) electrons. The van der Waals surface area contributed by atoms with Gasteiger partial charge in [-0.25, -0.2) is 17.9 Å². The summed E-state index contributed by atoms with van der Waals surface area (Å²) >= 11 is 0. The lowest BCUT2D eigenvalue weighted by Crippen LogP contribution is -2.32. The van der Waals surface area contributed by atoms with Crippen molar-refractivity contribution in [2.45, 2.75) is 30.4 Å². The number of sulfonamides is 1. The molecule has 0 aliphatic carbocycles. The van der Waals surface area contributed by atoms with Crippen LogP contribution in [-0.4, -0.2) is 38.7 Å². The number of ether oxygens (including phenoxy) is 1. The van der Waals surface area contributed by atoms with Crippen molar-refractivity contribution < 1.29 is 27.5 Å². The van der Waals surface area contributed by atoms with Gasteiger partial charge in [-0.3, -0.25) is 0 Å². The van der Waals surface area contributed by atoms with Crippen molar-refractivity contribution in [3.8, 4) is 0 Å². The Hall–Kier alpha value is -2.36. The maximum absolute atomic E-state index is 12.7. The first-order chi connectivity index (χ1) is 12.5. The fourth-order valence-corrected chi connectivity index (χ4v) is 3.98. The molecule has 0 bridgehead atoms. The highest BCUT2D eigenvalue weighted by Crippen LogP contribution is 2.24. The van der Waals surface area contributed by atoms with Gasteiger partial charge in [-0.1, -0.05) is 0 Å². The van der Waals surface area contributed by atoms with Crippen LogP contribution in [0.2, 0.25) is 0 Å². The lowest BCUT2D eigenvalue weighted by molar-refractivity contribution is 0.0696. The Morgan fingerprint density at radius 1 is 1.31 bits per heavy atom. The summed E-state index contributed by atoms with van der Waals surface area (Å²) in [6, 6.07) is 7.41. The van der Waals surface area contributed by atoms with Crippen molar-refractivity contribution in [1.29, 1.82) is 0 Å². The third-order valence-electron chi connectivity index (χ3n) is 4.08. The Bertz CT molecular complexity index is 857. The summed E-state index contributed by atoms with van der Waals surface area (Å²) < 4.78 is 38.6. The van der Waals surface area contributed by atoms with Gasteiger partial charge < -0.3 is 19.6 Å². The number of rotatable bonds is 8. The summed E-state index contributed by atoms with van der Waals surface area (Å²) in [6.07, 6.45) is 3.05. The quantitative estimate of drug-likeness (QED) is 0.641. The minimum Gasteiger partial charge on any atom is -0.478 e. The van der Waals surface area contributed by atoms with E-state index in [0.29, 0.717) is 18.1 Å². The Kier molecular flexibility index (Phi) is 5.60. The van der Waals surface area contributed by atoms with E-state index in [-0.39, 0.29) is 29.7 Å². The van der Waals surface area contributed by atoms with Gasteiger partial charge in [-0.15, -0.1) is 0 Å². The van der Waals surface area contributed by atoms with Gasteiger partial charge in [-0.2, -0.15) is 0 Å². The number of benzene rings is 1. The topological polar surface area (TPSA) is 118 Å². The zero-order valence-electron chi connectivity index (χ0n) is 14.0. The summed E-state index contributed by atoms with van der Waals surface area (Å²) in [5.74, 6) is -0.568. The molecule has 1 aromatic carbocycles. The van der Waals surface area contributed by atoms with E-state index in [9.17, 15) is 18.3 Å². The van der Waals surface area contributed by atoms with Crippen LogP contribution in [-0.2, 0) is 21.3 Å². The number of carboxylic acids is 1. The second kappa shape index (κ2) is 7.90. The molecule has 1 aromatic heterocycles. The summed E-state index contributed by atoms with van der Waals surface area (Å²) in [4.78, 5) is 11.1. The molecule has 2 heterocycles. The highest BCUT2D eigenvalue weighted by Gasteiger charge is 2.24. The summed E-state index contributed by atoms with van der Waals surface area (Å²) in [7, 11) is -3.91. The van der Waals surface area contributed by atoms with Crippen molar-refractivity contribution >= 4 is 21.7 Å². The molecular formula is C17H20N2O6S. The van der Waals surface area contributed by atoms with Crippen molar-refractivity contribution in [1.82, 2.24) is 4.72 Å². The zero-order chi connectivity index (χ0) is 18.6. The second-order valence-electron chi connectivity index (χ2n) is 5.94.